The van der Waals surface area contributed by atoms with Gasteiger partial charge in [0.25, 0.3) is 0 Å². The Morgan fingerprint density at radius 3 is 2.35 bits per heavy atom. The van der Waals surface area contributed by atoms with E-state index in [4.69, 9.17) is 0 Å². The molecular formula is C17H23F2N. The lowest BCUT2D eigenvalue weighted by atomic mass is 9.87. The molecule has 1 aromatic carbocycles. The maximum absolute atomic E-state index is 14.2. The molecule has 0 saturated carbocycles. The number of benzene rings is 1. The Kier molecular flexibility index (Phi) is 4.79. The summed E-state index contributed by atoms with van der Waals surface area (Å²) in [7, 11) is 0. The van der Waals surface area contributed by atoms with Gasteiger partial charge in [0.1, 0.15) is 11.6 Å². The third-order valence-corrected chi connectivity index (χ3v) is 4.07. The number of hydrogen-bond acceptors (Lipinski definition) is 1. The van der Waals surface area contributed by atoms with Crippen LogP contribution in [0.25, 0.3) is 0 Å². The highest BCUT2D eigenvalue weighted by Crippen LogP contribution is 2.32. The standard InChI is InChI=1S/C17H23F2N/c1-4-7-20-8-5-13(6-9-20)15-11-16(18)14(12(2)3)10-17(15)19/h4,7,10-13H,5-6,8-9H2,1-3H3/b7-4+. The summed E-state index contributed by atoms with van der Waals surface area (Å²) in [6.07, 6.45) is 5.83. The Hall–Kier alpha value is -1.38. The van der Waals surface area contributed by atoms with Crippen LogP contribution in [0.4, 0.5) is 8.78 Å². The molecule has 2 rings (SSSR count). The minimum atomic E-state index is -0.271. The van der Waals surface area contributed by atoms with Crippen molar-refractivity contribution < 1.29 is 8.78 Å². The van der Waals surface area contributed by atoms with E-state index in [1.165, 1.54) is 12.1 Å². The summed E-state index contributed by atoms with van der Waals surface area (Å²) >= 11 is 0. The second kappa shape index (κ2) is 6.38. The molecule has 20 heavy (non-hydrogen) atoms. The van der Waals surface area contributed by atoms with Crippen LogP contribution in [0.3, 0.4) is 0 Å². The average Bonchev–Trinajstić information content (AvgIpc) is 2.42. The third-order valence-electron chi connectivity index (χ3n) is 4.07. The van der Waals surface area contributed by atoms with Gasteiger partial charge in [0.2, 0.25) is 0 Å². The largest absolute Gasteiger partial charge is 0.378 e. The number of piperidine rings is 1. The van der Waals surface area contributed by atoms with Crippen LogP contribution in [0.5, 0.6) is 0 Å². The van der Waals surface area contributed by atoms with Crippen LogP contribution in [-0.2, 0) is 0 Å². The van der Waals surface area contributed by atoms with Crippen LogP contribution in [0, 0.1) is 11.6 Å². The van der Waals surface area contributed by atoms with E-state index in [1.54, 1.807) is 0 Å². The highest BCUT2D eigenvalue weighted by atomic mass is 19.1. The molecule has 0 aromatic heterocycles. The van der Waals surface area contributed by atoms with Crippen molar-refractivity contribution in [1.29, 1.82) is 0 Å². The lowest BCUT2D eigenvalue weighted by Crippen LogP contribution is -2.29. The number of nitrogens with zero attached hydrogens (tertiary/aromatic N) is 1. The Morgan fingerprint density at radius 1 is 1.15 bits per heavy atom. The molecule has 110 valence electrons. The maximum atomic E-state index is 14.2. The quantitative estimate of drug-likeness (QED) is 0.768. The van der Waals surface area contributed by atoms with E-state index in [0.29, 0.717) is 11.1 Å². The Morgan fingerprint density at radius 2 is 1.80 bits per heavy atom. The Balaban J connectivity index is 2.16. The van der Waals surface area contributed by atoms with E-state index in [2.05, 4.69) is 11.1 Å². The summed E-state index contributed by atoms with van der Waals surface area (Å²) in [5, 5.41) is 0. The number of halogens is 2. The van der Waals surface area contributed by atoms with Gasteiger partial charge in [-0.05, 0) is 61.1 Å². The lowest BCUT2D eigenvalue weighted by Gasteiger charge is -2.31. The molecule has 1 saturated heterocycles. The topological polar surface area (TPSA) is 3.24 Å². The summed E-state index contributed by atoms with van der Waals surface area (Å²) in [4.78, 5) is 2.23. The van der Waals surface area contributed by atoms with Crippen molar-refractivity contribution in [2.75, 3.05) is 13.1 Å². The van der Waals surface area contributed by atoms with E-state index in [9.17, 15) is 8.78 Å². The molecule has 0 bridgehead atoms. The van der Waals surface area contributed by atoms with Crippen molar-refractivity contribution in [3.8, 4) is 0 Å². The van der Waals surface area contributed by atoms with Crippen LogP contribution in [0.15, 0.2) is 24.4 Å². The number of likely N-dealkylation sites (tertiary alicyclic amines) is 1. The molecular weight excluding hydrogens is 256 g/mol. The smallest absolute Gasteiger partial charge is 0.127 e. The van der Waals surface area contributed by atoms with E-state index >= 15 is 0 Å². The van der Waals surface area contributed by atoms with E-state index in [1.807, 2.05) is 26.8 Å². The molecule has 0 atom stereocenters. The van der Waals surface area contributed by atoms with Crippen LogP contribution >= 0.6 is 0 Å². The summed E-state index contributed by atoms with van der Waals surface area (Å²) in [6, 6.07) is 2.80. The van der Waals surface area contributed by atoms with E-state index < -0.39 is 0 Å². The minimum Gasteiger partial charge on any atom is -0.378 e. The van der Waals surface area contributed by atoms with Gasteiger partial charge in [-0.3, -0.25) is 0 Å². The minimum absolute atomic E-state index is 0.00934. The van der Waals surface area contributed by atoms with Crippen molar-refractivity contribution in [1.82, 2.24) is 4.90 Å². The van der Waals surface area contributed by atoms with Gasteiger partial charge in [0, 0.05) is 13.1 Å². The molecule has 1 heterocycles. The van der Waals surface area contributed by atoms with Crippen LogP contribution in [0.1, 0.15) is 56.6 Å². The van der Waals surface area contributed by atoms with Crippen molar-refractivity contribution in [3.05, 3.63) is 47.2 Å². The average molecular weight is 279 g/mol. The third kappa shape index (κ3) is 3.20. The molecule has 1 aliphatic rings. The van der Waals surface area contributed by atoms with E-state index in [0.717, 1.165) is 25.9 Å². The molecule has 0 unspecified atom stereocenters. The predicted octanol–water partition coefficient (Wildman–Crippen LogP) is 4.80. The molecule has 1 nitrogen and oxygen atoms in total. The zero-order valence-corrected chi connectivity index (χ0v) is 12.5. The summed E-state index contributed by atoms with van der Waals surface area (Å²) in [6.45, 7) is 7.57. The first-order valence-corrected chi connectivity index (χ1v) is 7.38. The van der Waals surface area contributed by atoms with Crippen molar-refractivity contribution in [3.63, 3.8) is 0 Å². The molecule has 0 spiro atoms. The van der Waals surface area contributed by atoms with Gasteiger partial charge in [-0.2, -0.15) is 0 Å². The van der Waals surface area contributed by atoms with Gasteiger partial charge >= 0.3 is 0 Å². The normalized spacial score (nSPS) is 17.4. The van der Waals surface area contributed by atoms with Crippen molar-refractivity contribution in [2.24, 2.45) is 0 Å². The summed E-state index contributed by atoms with van der Waals surface area (Å²) in [5.41, 5.74) is 1.02. The zero-order valence-electron chi connectivity index (χ0n) is 12.5. The SMILES string of the molecule is C/C=C/N1CCC(c2cc(F)c(C(C)C)cc2F)CC1. The van der Waals surface area contributed by atoms with Crippen LogP contribution in [-0.4, -0.2) is 18.0 Å². The number of hydrogen-bond donors (Lipinski definition) is 0. The zero-order chi connectivity index (χ0) is 14.7. The van der Waals surface area contributed by atoms with Gasteiger partial charge in [-0.1, -0.05) is 19.9 Å². The molecule has 3 heteroatoms. The second-order valence-electron chi connectivity index (χ2n) is 5.84. The fourth-order valence-electron chi connectivity index (χ4n) is 2.90. The maximum Gasteiger partial charge on any atom is 0.127 e. The van der Waals surface area contributed by atoms with Crippen LogP contribution in [0.2, 0.25) is 0 Å². The van der Waals surface area contributed by atoms with Gasteiger partial charge in [0.05, 0.1) is 0 Å². The predicted molar refractivity (Wildman–Crippen MR) is 78.8 cm³/mol. The first-order chi connectivity index (χ1) is 9.52. The fraction of sp³-hybridized carbons (Fsp3) is 0.529. The summed E-state index contributed by atoms with van der Waals surface area (Å²) < 4.78 is 28.3. The fourth-order valence-corrected chi connectivity index (χ4v) is 2.90. The van der Waals surface area contributed by atoms with Gasteiger partial charge in [-0.15, -0.1) is 0 Å². The van der Waals surface area contributed by atoms with Gasteiger partial charge in [-0.25, -0.2) is 8.78 Å². The molecule has 0 amide bonds. The molecule has 0 radical (unpaired) electrons. The number of rotatable bonds is 3. The van der Waals surface area contributed by atoms with Gasteiger partial charge in [0.15, 0.2) is 0 Å². The van der Waals surface area contributed by atoms with Gasteiger partial charge < -0.3 is 4.90 Å². The first kappa shape index (κ1) is 15.0. The van der Waals surface area contributed by atoms with Crippen molar-refractivity contribution >= 4 is 0 Å². The molecule has 1 aliphatic heterocycles. The Bertz CT molecular complexity index is 486. The first-order valence-electron chi connectivity index (χ1n) is 7.38. The van der Waals surface area contributed by atoms with Crippen molar-refractivity contribution in [2.45, 2.75) is 45.4 Å². The molecule has 1 aromatic rings. The molecule has 1 fully saturated rings. The van der Waals surface area contributed by atoms with E-state index in [-0.39, 0.29) is 23.5 Å². The number of allylic oxidation sites excluding steroid dienone is 1. The highest BCUT2D eigenvalue weighted by Gasteiger charge is 2.23. The molecule has 0 N–H and O–H groups in total. The second-order valence-corrected chi connectivity index (χ2v) is 5.84. The molecule has 0 aliphatic carbocycles. The highest BCUT2D eigenvalue weighted by molar-refractivity contribution is 5.31. The summed E-state index contributed by atoms with van der Waals surface area (Å²) in [5.74, 6) is -0.380. The van der Waals surface area contributed by atoms with Crippen LogP contribution < -0.4 is 0 Å². The lowest BCUT2D eigenvalue weighted by molar-refractivity contribution is 0.280. The monoisotopic (exact) mass is 279 g/mol. The Labute approximate surface area is 120 Å².